The average Bonchev–Trinajstić information content (AvgIpc) is 2.47. The van der Waals surface area contributed by atoms with Gasteiger partial charge in [0.1, 0.15) is 6.04 Å². The largest absolute Gasteiger partial charge is 0.487 e. The van der Waals surface area contributed by atoms with Crippen LogP contribution in [0.25, 0.3) is 0 Å². The highest BCUT2D eigenvalue weighted by Crippen LogP contribution is 2.28. The number of carboxylic acids is 1. The number of nitro groups is 1. The van der Waals surface area contributed by atoms with Gasteiger partial charge in [-0.2, -0.15) is 0 Å². The monoisotopic (exact) mass is 310 g/mol. The predicted molar refractivity (Wildman–Crippen MR) is 78.1 cm³/mol. The summed E-state index contributed by atoms with van der Waals surface area (Å²) in [6, 6.07) is 2.73. The molecule has 0 aliphatic heterocycles. The predicted octanol–water partition coefficient (Wildman–Crippen LogP) is 1.98. The zero-order valence-electron chi connectivity index (χ0n) is 12.4. The molecule has 0 aromatic heterocycles. The lowest BCUT2D eigenvalue weighted by atomic mass is 10.1. The van der Waals surface area contributed by atoms with Gasteiger partial charge in [-0.1, -0.05) is 13.3 Å². The third kappa shape index (κ3) is 4.44. The molecule has 1 amide bonds. The van der Waals surface area contributed by atoms with Crippen molar-refractivity contribution in [3.63, 3.8) is 0 Å². The van der Waals surface area contributed by atoms with Crippen molar-refractivity contribution >= 4 is 17.6 Å². The van der Waals surface area contributed by atoms with Crippen LogP contribution in [0.1, 0.15) is 37.0 Å². The summed E-state index contributed by atoms with van der Waals surface area (Å²) in [5, 5.41) is 22.4. The second-order valence-electron chi connectivity index (χ2n) is 4.53. The summed E-state index contributed by atoms with van der Waals surface area (Å²) in [5.74, 6) is -1.75. The SMILES string of the molecule is CCCC(NC(=O)c1ccc(OCC)c([N+](=O)[O-])c1)C(=O)O. The molecule has 0 saturated heterocycles. The molecular weight excluding hydrogens is 292 g/mol. The van der Waals surface area contributed by atoms with E-state index >= 15 is 0 Å². The number of aliphatic carboxylic acids is 1. The molecule has 0 fully saturated rings. The van der Waals surface area contributed by atoms with E-state index in [0.29, 0.717) is 6.42 Å². The lowest BCUT2D eigenvalue weighted by Crippen LogP contribution is -2.40. The van der Waals surface area contributed by atoms with Crippen LogP contribution in [0.15, 0.2) is 18.2 Å². The summed E-state index contributed by atoms with van der Waals surface area (Å²) in [7, 11) is 0. The van der Waals surface area contributed by atoms with Gasteiger partial charge in [0, 0.05) is 11.6 Å². The first-order chi connectivity index (χ1) is 10.4. The van der Waals surface area contributed by atoms with Gasteiger partial charge < -0.3 is 15.2 Å². The molecular formula is C14H18N2O6. The van der Waals surface area contributed by atoms with E-state index in [1.165, 1.54) is 12.1 Å². The number of nitrogens with zero attached hydrogens (tertiary/aromatic N) is 1. The molecule has 8 nitrogen and oxygen atoms in total. The summed E-state index contributed by atoms with van der Waals surface area (Å²) in [4.78, 5) is 33.4. The number of hydrogen-bond acceptors (Lipinski definition) is 5. The van der Waals surface area contributed by atoms with Gasteiger partial charge in [-0.3, -0.25) is 14.9 Å². The number of amides is 1. The van der Waals surface area contributed by atoms with Gasteiger partial charge in [-0.05, 0) is 25.5 Å². The van der Waals surface area contributed by atoms with E-state index in [1.54, 1.807) is 13.8 Å². The number of carbonyl (C=O) groups is 2. The van der Waals surface area contributed by atoms with Crippen LogP contribution in [0.5, 0.6) is 5.75 Å². The van der Waals surface area contributed by atoms with E-state index in [1.807, 2.05) is 0 Å². The van der Waals surface area contributed by atoms with Crippen molar-refractivity contribution in [2.45, 2.75) is 32.7 Å². The minimum absolute atomic E-state index is 0.0116. The molecule has 1 atom stereocenters. The zero-order valence-corrected chi connectivity index (χ0v) is 12.4. The van der Waals surface area contributed by atoms with Gasteiger partial charge in [0.05, 0.1) is 11.5 Å². The van der Waals surface area contributed by atoms with Crippen LogP contribution in [0.2, 0.25) is 0 Å². The van der Waals surface area contributed by atoms with E-state index in [-0.39, 0.29) is 30.0 Å². The van der Waals surface area contributed by atoms with Crippen LogP contribution < -0.4 is 10.1 Å². The van der Waals surface area contributed by atoms with E-state index < -0.39 is 22.8 Å². The van der Waals surface area contributed by atoms with Crippen molar-refractivity contribution in [1.82, 2.24) is 5.32 Å². The van der Waals surface area contributed by atoms with Crippen LogP contribution >= 0.6 is 0 Å². The highest BCUT2D eigenvalue weighted by atomic mass is 16.6. The van der Waals surface area contributed by atoms with E-state index in [0.717, 1.165) is 6.07 Å². The fraction of sp³-hybridized carbons (Fsp3) is 0.429. The van der Waals surface area contributed by atoms with E-state index in [9.17, 15) is 19.7 Å². The number of nitrogens with one attached hydrogen (secondary N) is 1. The Kier molecular flexibility index (Phi) is 6.30. The smallest absolute Gasteiger partial charge is 0.326 e. The molecule has 1 aromatic rings. The summed E-state index contributed by atoms with van der Waals surface area (Å²) in [6.45, 7) is 3.74. The summed E-state index contributed by atoms with van der Waals surface area (Å²) >= 11 is 0. The van der Waals surface area contributed by atoms with Gasteiger partial charge in [0.25, 0.3) is 5.91 Å². The molecule has 1 rings (SSSR count). The van der Waals surface area contributed by atoms with E-state index in [2.05, 4.69) is 5.32 Å². The van der Waals surface area contributed by atoms with Crippen LogP contribution in [-0.4, -0.2) is 34.6 Å². The molecule has 0 radical (unpaired) electrons. The zero-order chi connectivity index (χ0) is 16.7. The maximum atomic E-state index is 12.0. The molecule has 0 saturated carbocycles. The normalized spacial score (nSPS) is 11.5. The van der Waals surface area contributed by atoms with Gasteiger partial charge in [-0.25, -0.2) is 4.79 Å². The maximum absolute atomic E-state index is 12.0. The topological polar surface area (TPSA) is 119 Å². The van der Waals surface area contributed by atoms with Gasteiger partial charge in [0.2, 0.25) is 0 Å². The Morgan fingerprint density at radius 2 is 2.09 bits per heavy atom. The Balaban J connectivity index is 3.00. The molecule has 120 valence electrons. The summed E-state index contributed by atoms with van der Waals surface area (Å²) < 4.78 is 5.12. The van der Waals surface area contributed by atoms with Gasteiger partial charge in [-0.15, -0.1) is 0 Å². The summed E-state index contributed by atoms with van der Waals surface area (Å²) in [5.41, 5.74) is -0.325. The molecule has 0 aliphatic rings. The first-order valence-corrected chi connectivity index (χ1v) is 6.85. The van der Waals surface area contributed by atoms with Crippen molar-refractivity contribution in [3.8, 4) is 5.75 Å². The molecule has 1 aromatic carbocycles. The fourth-order valence-corrected chi connectivity index (χ4v) is 1.87. The quantitative estimate of drug-likeness (QED) is 0.559. The average molecular weight is 310 g/mol. The number of ether oxygens (including phenoxy) is 1. The molecule has 8 heteroatoms. The first kappa shape index (κ1) is 17.4. The molecule has 0 heterocycles. The van der Waals surface area contributed by atoms with Crippen molar-refractivity contribution < 1.29 is 24.4 Å². The number of carbonyl (C=O) groups excluding carboxylic acids is 1. The van der Waals surface area contributed by atoms with Crippen molar-refractivity contribution in [2.75, 3.05) is 6.61 Å². The molecule has 2 N–H and O–H groups in total. The third-order valence-corrected chi connectivity index (χ3v) is 2.90. The van der Waals surface area contributed by atoms with Gasteiger partial charge in [0.15, 0.2) is 5.75 Å². The van der Waals surface area contributed by atoms with Crippen molar-refractivity contribution in [3.05, 3.63) is 33.9 Å². The minimum Gasteiger partial charge on any atom is -0.487 e. The minimum atomic E-state index is -1.14. The first-order valence-electron chi connectivity index (χ1n) is 6.85. The van der Waals surface area contributed by atoms with Crippen LogP contribution in [0, 0.1) is 10.1 Å². The van der Waals surface area contributed by atoms with Crippen molar-refractivity contribution in [2.24, 2.45) is 0 Å². The number of carboxylic acid groups (broad SMARTS) is 1. The number of rotatable bonds is 8. The molecule has 1 unspecified atom stereocenters. The number of hydrogen-bond donors (Lipinski definition) is 2. The summed E-state index contributed by atoms with van der Waals surface area (Å²) in [6.07, 6.45) is 0.862. The highest BCUT2D eigenvalue weighted by molar-refractivity contribution is 5.97. The second kappa shape index (κ2) is 7.96. The lowest BCUT2D eigenvalue weighted by Gasteiger charge is -2.13. The Hall–Kier alpha value is -2.64. The number of nitro benzene ring substituents is 1. The molecule has 0 aliphatic carbocycles. The molecule has 22 heavy (non-hydrogen) atoms. The Labute approximate surface area is 127 Å². The van der Waals surface area contributed by atoms with Crippen LogP contribution in [0.3, 0.4) is 0 Å². The standard InChI is InChI=1S/C14H18N2O6/c1-3-5-10(14(18)19)15-13(17)9-6-7-12(22-4-2)11(8-9)16(20)21/h6-8,10H,3-5H2,1-2H3,(H,15,17)(H,18,19). The van der Waals surface area contributed by atoms with Gasteiger partial charge >= 0.3 is 11.7 Å². The second-order valence-corrected chi connectivity index (χ2v) is 4.53. The Morgan fingerprint density at radius 1 is 1.41 bits per heavy atom. The maximum Gasteiger partial charge on any atom is 0.326 e. The van der Waals surface area contributed by atoms with Crippen LogP contribution in [-0.2, 0) is 4.79 Å². The Morgan fingerprint density at radius 3 is 2.59 bits per heavy atom. The molecule has 0 bridgehead atoms. The van der Waals surface area contributed by atoms with E-state index in [4.69, 9.17) is 9.84 Å². The van der Waals surface area contributed by atoms with Crippen LogP contribution in [0.4, 0.5) is 5.69 Å². The lowest BCUT2D eigenvalue weighted by molar-refractivity contribution is -0.385. The molecule has 0 spiro atoms. The Bertz CT molecular complexity index is 572. The van der Waals surface area contributed by atoms with Crippen molar-refractivity contribution in [1.29, 1.82) is 0 Å². The highest BCUT2D eigenvalue weighted by Gasteiger charge is 2.22. The third-order valence-electron chi connectivity index (χ3n) is 2.90. The number of benzene rings is 1. The fourth-order valence-electron chi connectivity index (χ4n) is 1.87.